The summed E-state index contributed by atoms with van der Waals surface area (Å²) in [5.74, 6) is 0.781. The van der Waals surface area contributed by atoms with Gasteiger partial charge in [-0.3, -0.25) is 4.79 Å². The SMILES string of the molecule is COc1ccc(C2(C(=O)Nc3cccc(-c4ccc([SH](=O)=O)cc4)c3)CCCC2)cc1. The number of amides is 1. The number of carbonyl (C=O) groups excluding carboxylic acids is 1. The first kappa shape index (κ1) is 21.1. The highest BCUT2D eigenvalue weighted by molar-refractivity contribution is 7.72. The first-order valence-electron chi connectivity index (χ1n) is 10.3. The van der Waals surface area contributed by atoms with Crippen LogP contribution in [0.15, 0.2) is 77.7 Å². The van der Waals surface area contributed by atoms with Gasteiger partial charge in [-0.05, 0) is 65.9 Å². The molecule has 1 N–H and O–H groups in total. The minimum Gasteiger partial charge on any atom is -0.497 e. The highest BCUT2D eigenvalue weighted by Gasteiger charge is 2.42. The van der Waals surface area contributed by atoms with E-state index in [1.165, 1.54) is 0 Å². The number of rotatable bonds is 6. The molecule has 1 aliphatic rings. The lowest BCUT2D eigenvalue weighted by atomic mass is 9.78. The average Bonchev–Trinajstić information content (AvgIpc) is 3.31. The van der Waals surface area contributed by atoms with Gasteiger partial charge in [0.1, 0.15) is 5.75 Å². The van der Waals surface area contributed by atoms with Crippen molar-refractivity contribution in [3.05, 3.63) is 78.4 Å². The second-order valence-corrected chi connectivity index (χ2v) is 8.89. The van der Waals surface area contributed by atoms with Crippen LogP contribution in [0.3, 0.4) is 0 Å². The number of methoxy groups -OCH3 is 1. The molecule has 0 heterocycles. The highest BCUT2D eigenvalue weighted by atomic mass is 32.2. The van der Waals surface area contributed by atoms with E-state index in [0.717, 1.165) is 53.8 Å². The first-order chi connectivity index (χ1) is 15.0. The summed E-state index contributed by atoms with van der Waals surface area (Å²) in [7, 11) is -0.963. The van der Waals surface area contributed by atoms with Gasteiger partial charge in [-0.2, -0.15) is 0 Å². The molecule has 4 rings (SSSR count). The number of carbonyl (C=O) groups is 1. The molecule has 6 heteroatoms. The number of benzene rings is 3. The number of anilines is 1. The monoisotopic (exact) mass is 435 g/mol. The van der Waals surface area contributed by atoms with E-state index in [2.05, 4.69) is 5.32 Å². The molecule has 0 radical (unpaired) electrons. The molecule has 1 fully saturated rings. The summed E-state index contributed by atoms with van der Waals surface area (Å²) in [6, 6.07) is 22.1. The van der Waals surface area contributed by atoms with E-state index in [9.17, 15) is 13.2 Å². The second kappa shape index (κ2) is 8.94. The van der Waals surface area contributed by atoms with Gasteiger partial charge in [0.05, 0.1) is 17.4 Å². The van der Waals surface area contributed by atoms with Crippen molar-refractivity contribution in [3.8, 4) is 16.9 Å². The fraction of sp³-hybridized carbons (Fsp3) is 0.240. The van der Waals surface area contributed by atoms with Gasteiger partial charge < -0.3 is 10.1 Å². The van der Waals surface area contributed by atoms with Crippen LogP contribution in [0.4, 0.5) is 5.69 Å². The largest absolute Gasteiger partial charge is 0.497 e. The molecule has 0 atom stereocenters. The molecule has 0 saturated heterocycles. The van der Waals surface area contributed by atoms with Crippen LogP contribution < -0.4 is 10.1 Å². The van der Waals surface area contributed by atoms with E-state index in [4.69, 9.17) is 4.74 Å². The maximum atomic E-state index is 13.4. The van der Waals surface area contributed by atoms with Crippen LogP contribution in [0.5, 0.6) is 5.75 Å². The van der Waals surface area contributed by atoms with Crippen LogP contribution in [0.1, 0.15) is 31.2 Å². The van der Waals surface area contributed by atoms with Crippen molar-refractivity contribution in [2.24, 2.45) is 0 Å². The van der Waals surface area contributed by atoms with Crippen molar-refractivity contribution in [2.75, 3.05) is 12.4 Å². The molecule has 3 aromatic rings. The van der Waals surface area contributed by atoms with E-state index in [1.54, 1.807) is 31.4 Å². The van der Waals surface area contributed by atoms with Crippen LogP contribution in [0.25, 0.3) is 11.1 Å². The summed E-state index contributed by atoms with van der Waals surface area (Å²) in [5, 5.41) is 3.12. The molecular formula is C25H25NO4S. The Balaban J connectivity index is 1.59. The number of hydrogen-bond donors (Lipinski definition) is 2. The van der Waals surface area contributed by atoms with Crippen molar-refractivity contribution in [1.82, 2.24) is 0 Å². The average molecular weight is 436 g/mol. The molecule has 1 amide bonds. The van der Waals surface area contributed by atoms with Crippen molar-refractivity contribution in [3.63, 3.8) is 0 Å². The lowest BCUT2D eigenvalue weighted by Gasteiger charge is -2.28. The Labute approximate surface area is 184 Å². The van der Waals surface area contributed by atoms with E-state index < -0.39 is 16.1 Å². The fourth-order valence-corrected chi connectivity index (χ4v) is 4.73. The first-order valence-corrected chi connectivity index (χ1v) is 11.5. The third-order valence-corrected chi connectivity index (χ3v) is 6.79. The van der Waals surface area contributed by atoms with Gasteiger partial charge in [-0.25, -0.2) is 8.42 Å². The molecule has 0 aromatic heterocycles. The standard InChI is InChI=1S/C25H25NO4S/c1-30-22-11-9-20(10-12-22)25(15-2-3-16-25)24(27)26-21-6-4-5-19(17-21)18-7-13-23(14-8-18)31(28)29/h4-14,17,31H,2-3,15-16H2,1H3,(H,26,27). The van der Waals surface area contributed by atoms with Gasteiger partial charge in [0.2, 0.25) is 5.91 Å². The summed E-state index contributed by atoms with van der Waals surface area (Å²) in [4.78, 5) is 13.7. The Morgan fingerprint density at radius 3 is 2.19 bits per heavy atom. The van der Waals surface area contributed by atoms with Crippen molar-refractivity contribution in [2.45, 2.75) is 36.0 Å². The molecule has 0 aliphatic heterocycles. The van der Waals surface area contributed by atoms with Gasteiger partial charge in [0.15, 0.2) is 10.7 Å². The molecule has 0 bridgehead atoms. The zero-order chi connectivity index (χ0) is 21.8. The lowest BCUT2D eigenvalue weighted by Crippen LogP contribution is -2.37. The zero-order valence-electron chi connectivity index (χ0n) is 17.3. The van der Waals surface area contributed by atoms with Gasteiger partial charge in [0.25, 0.3) is 0 Å². The summed E-state index contributed by atoms with van der Waals surface area (Å²) >= 11 is 0. The van der Waals surface area contributed by atoms with E-state index in [1.807, 2.05) is 48.5 Å². The molecule has 0 spiro atoms. The predicted octanol–water partition coefficient (Wildman–Crippen LogP) is 4.78. The van der Waals surface area contributed by atoms with Gasteiger partial charge in [0, 0.05) is 5.69 Å². The molecule has 31 heavy (non-hydrogen) atoms. The normalized spacial score (nSPS) is 15.0. The molecule has 160 valence electrons. The second-order valence-electron chi connectivity index (χ2n) is 7.86. The third kappa shape index (κ3) is 4.35. The molecular weight excluding hydrogens is 410 g/mol. The van der Waals surface area contributed by atoms with Crippen LogP contribution in [-0.2, 0) is 20.9 Å². The number of thiol groups is 1. The Kier molecular flexibility index (Phi) is 6.09. The molecule has 0 unspecified atom stereocenters. The molecule has 1 aliphatic carbocycles. The molecule has 3 aromatic carbocycles. The Morgan fingerprint density at radius 1 is 0.903 bits per heavy atom. The zero-order valence-corrected chi connectivity index (χ0v) is 18.2. The summed E-state index contributed by atoms with van der Waals surface area (Å²) in [6.45, 7) is 0. The lowest BCUT2D eigenvalue weighted by molar-refractivity contribution is -0.121. The van der Waals surface area contributed by atoms with E-state index in [-0.39, 0.29) is 10.8 Å². The van der Waals surface area contributed by atoms with Crippen LogP contribution in [-0.4, -0.2) is 21.4 Å². The number of ether oxygens (including phenoxy) is 1. The van der Waals surface area contributed by atoms with Gasteiger partial charge in [-0.15, -0.1) is 0 Å². The van der Waals surface area contributed by atoms with Crippen LogP contribution >= 0.6 is 0 Å². The maximum Gasteiger partial charge on any atom is 0.235 e. The van der Waals surface area contributed by atoms with E-state index >= 15 is 0 Å². The number of nitrogens with one attached hydrogen (secondary N) is 1. The smallest absolute Gasteiger partial charge is 0.235 e. The molecule has 5 nitrogen and oxygen atoms in total. The highest BCUT2D eigenvalue weighted by Crippen LogP contribution is 2.42. The topological polar surface area (TPSA) is 72.5 Å². The number of hydrogen-bond acceptors (Lipinski definition) is 4. The van der Waals surface area contributed by atoms with Crippen molar-refractivity contribution >= 4 is 22.3 Å². The van der Waals surface area contributed by atoms with E-state index in [0.29, 0.717) is 0 Å². The van der Waals surface area contributed by atoms with Crippen molar-refractivity contribution < 1.29 is 17.9 Å². The summed E-state index contributed by atoms with van der Waals surface area (Å²) in [5.41, 5.74) is 3.00. The van der Waals surface area contributed by atoms with Crippen LogP contribution in [0, 0.1) is 0 Å². The third-order valence-electron chi connectivity index (χ3n) is 6.07. The Bertz CT molecular complexity index is 1140. The van der Waals surface area contributed by atoms with Gasteiger partial charge >= 0.3 is 0 Å². The minimum absolute atomic E-state index is 0.00557. The van der Waals surface area contributed by atoms with Crippen molar-refractivity contribution in [1.29, 1.82) is 0 Å². The Hall–Kier alpha value is -3.12. The quantitative estimate of drug-likeness (QED) is 0.547. The maximum absolute atomic E-state index is 13.4. The summed E-state index contributed by atoms with van der Waals surface area (Å²) < 4.78 is 27.5. The molecule has 1 saturated carbocycles. The fourth-order valence-electron chi connectivity index (χ4n) is 4.34. The minimum atomic E-state index is -2.60. The van der Waals surface area contributed by atoms with Gasteiger partial charge in [-0.1, -0.05) is 49.2 Å². The predicted molar refractivity (Wildman–Crippen MR) is 122 cm³/mol. The Morgan fingerprint density at radius 2 is 1.58 bits per heavy atom. The van der Waals surface area contributed by atoms with Crippen LogP contribution in [0.2, 0.25) is 0 Å². The summed E-state index contributed by atoms with van der Waals surface area (Å²) in [6.07, 6.45) is 3.68.